The predicted octanol–water partition coefficient (Wildman–Crippen LogP) is 4.09. The van der Waals surface area contributed by atoms with Gasteiger partial charge in [-0.2, -0.15) is 0 Å². The first-order valence-corrected chi connectivity index (χ1v) is 10.9. The van der Waals surface area contributed by atoms with Gasteiger partial charge in [-0.25, -0.2) is 4.98 Å². The van der Waals surface area contributed by atoms with E-state index in [9.17, 15) is 4.79 Å². The number of aryl methyl sites for hydroxylation is 1. The Morgan fingerprint density at radius 3 is 2.97 bits per heavy atom. The number of rotatable bonds is 5. The van der Waals surface area contributed by atoms with Crippen LogP contribution in [0.4, 0.5) is 5.82 Å². The summed E-state index contributed by atoms with van der Waals surface area (Å²) in [5.41, 5.74) is 3.18. The molecule has 29 heavy (non-hydrogen) atoms. The van der Waals surface area contributed by atoms with E-state index in [1.165, 1.54) is 0 Å². The minimum atomic E-state index is -0.0639. The van der Waals surface area contributed by atoms with E-state index in [0.29, 0.717) is 18.2 Å². The number of piperidine rings is 1. The number of anilines is 1. The molecular formula is C21H22ClN5OS. The maximum Gasteiger partial charge on any atom is 0.225 e. The molecule has 2 aromatic heterocycles. The molecule has 1 aliphatic heterocycles. The number of carbonyl (C=O) groups excluding carboxylic acids is 1. The number of halogens is 1. The maximum absolute atomic E-state index is 12.8. The normalized spacial score (nSPS) is 16.6. The van der Waals surface area contributed by atoms with Gasteiger partial charge in [0.05, 0.1) is 5.92 Å². The lowest BCUT2D eigenvalue weighted by Gasteiger charge is -2.32. The summed E-state index contributed by atoms with van der Waals surface area (Å²) < 4.78 is 0. The zero-order valence-electron chi connectivity index (χ0n) is 16.1. The van der Waals surface area contributed by atoms with Crippen molar-refractivity contribution in [3.8, 4) is 10.6 Å². The highest BCUT2D eigenvalue weighted by Crippen LogP contribution is 2.25. The van der Waals surface area contributed by atoms with Crippen molar-refractivity contribution in [2.45, 2.75) is 26.3 Å². The van der Waals surface area contributed by atoms with Gasteiger partial charge in [-0.3, -0.25) is 4.79 Å². The highest BCUT2D eigenvalue weighted by Gasteiger charge is 2.26. The van der Waals surface area contributed by atoms with E-state index < -0.39 is 0 Å². The molecule has 3 heterocycles. The van der Waals surface area contributed by atoms with Crippen molar-refractivity contribution in [2.24, 2.45) is 5.92 Å². The third kappa shape index (κ3) is 4.92. The second-order valence-corrected chi connectivity index (χ2v) is 8.46. The molecule has 0 saturated carbocycles. The topological polar surface area (TPSA) is 71.0 Å². The van der Waals surface area contributed by atoms with E-state index in [4.69, 9.17) is 11.6 Å². The van der Waals surface area contributed by atoms with Crippen molar-refractivity contribution >= 4 is 34.7 Å². The Balaban J connectivity index is 1.36. The molecule has 1 amide bonds. The second-order valence-electron chi connectivity index (χ2n) is 7.21. The van der Waals surface area contributed by atoms with Gasteiger partial charge in [-0.15, -0.1) is 21.5 Å². The van der Waals surface area contributed by atoms with Crippen molar-refractivity contribution < 1.29 is 4.79 Å². The van der Waals surface area contributed by atoms with Crippen LogP contribution in [0.25, 0.3) is 10.6 Å². The van der Waals surface area contributed by atoms with E-state index in [0.717, 1.165) is 47.0 Å². The maximum atomic E-state index is 12.8. The molecule has 0 bridgehead atoms. The van der Waals surface area contributed by atoms with E-state index in [2.05, 4.69) is 37.5 Å². The average Bonchev–Trinajstić information content (AvgIpc) is 3.19. The smallest absolute Gasteiger partial charge is 0.225 e. The SMILES string of the molecule is Cc1csc(-c2cccc(CNC(=O)[C@H]3CCCN(c4ccc(Cl)nn4)C3)c2)n1. The van der Waals surface area contributed by atoms with Crippen LogP contribution in [0.5, 0.6) is 0 Å². The molecule has 0 spiro atoms. The molecule has 1 fully saturated rings. The second kappa shape index (κ2) is 8.88. The van der Waals surface area contributed by atoms with Gasteiger partial charge in [0.15, 0.2) is 11.0 Å². The summed E-state index contributed by atoms with van der Waals surface area (Å²) in [6, 6.07) is 11.8. The van der Waals surface area contributed by atoms with Gasteiger partial charge in [0.1, 0.15) is 5.01 Å². The number of carbonyl (C=O) groups is 1. The Hall–Kier alpha value is -2.51. The third-order valence-electron chi connectivity index (χ3n) is 4.99. The first-order valence-electron chi connectivity index (χ1n) is 9.62. The van der Waals surface area contributed by atoms with Gasteiger partial charge in [-0.05, 0) is 43.5 Å². The fourth-order valence-electron chi connectivity index (χ4n) is 3.51. The summed E-state index contributed by atoms with van der Waals surface area (Å²) in [6.07, 6.45) is 1.82. The largest absolute Gasteiger partial charge is 0.354 e. The lowest BCUT2D eigenvalue weighted by Crippen LogP contribution is -2.43. The van der Waals surface area contributed by atoms with E-state index in [-0.39, 0.29) is 11.8 Å². The number of hydrogen-bond acceptors (Lipinski definition) is 6. The Kier molecular flexibility index (Phi) is 6.06. The monoisotopic (exact) mass is 427 g/mol. The Bertz CT molecular complexity index is 991. The van der Waals surface area contributed by atoms with Crippen LogP contribution in [0.15, 0.2) is 41.8 Å². The zero-order valence-corrected chi connectivity index (χ0v) is 17.7. The fraction of sp³-hybridized carbons (Fsp3) is 0.333. The Morgan fingerprint density at radius 1 is 1.31 bits per heavy atom. The van der Waals surface area contributed by atoms with Crippen molar-refractivity contribution in [1.29, 1.82) is 0 Å². The van der Waals surface area contributed by atoms with Gasteiger partial charge in [0.2, 0.25) is 5.91 Å². The first-order chi connectivity index (χ1) is 14.1. The molecule has 1 saturated heterocycles. The van der Waals surface area contributed by atoms with Crippen molar-refractivity contribution in [3.63, 3.8) is 0 Å². The van der Waals surface area contributed by atoms with Crippen LogP contribution >= 0.6 is 22.9 Å². The van der Waals surface area contributed by atoms with Crippen molar-refractivity contribution in [1.82, 2.24) is 20.5 Å². The fourth-order valence-corrected chi connectivity index (χ4v) is 4.41. The Labute approximate surface area is 179 Å². The van der Waals surface area contributed by atoms with Gasteiger partial charge in [0, 0.05) is 36.3 Å². The van der Waals surface area contributed by atoms with Gasteiger partial charge in [-0.1, -0.05) is 29.8 Å². The van der Waals surface area contributed by atoms with Crippen LogP contribution in [0.1, 0.15) is 24.1 Å². The molecule has 1 aliphatic rings. The molecule has 0 unspecified atom stereocenters. The summed E-state index contributed by atoms with van der Waals surface area (Å²) in [6.45, 7) is 4.01. The van der Waals surface area contributed by atoms with Gasteiger partial charge in [0.25, 0.3) is 0 Å². The summed E-state index contributed by atoms with van der Waals surface area (Å²) in [7, 11) is 0. The number of nitrogens with one attached hydrogen (secondary N) is 1. The number of hydrogen-bond donors (Lipinski definition) is 1. The molecule has 6 nitrogen and oxygen atoms in total. The summed E-state index contributed by atoms with van der Waals surface area (Å²) >= 11 is 7.46. The quantitative estimate of drug-likeness (QED) is 0.663. The molecule has 1 N–H and O–H groups in total. The number of thiazole rings is 1. The molecule has 3 aromatic rings. The highest BCUT2D eigenvalue weighted by atomic mass is 35.5. The standard InChI is InChI=1S/C21H22ClN5OS/c1-14-13-29-21(24-14)16-5-2-4-15(10-16)11-23-20(28)17-6-3-9-27(12-17)19-8-7-18(22)25-26-19/h2,4-5,7-8,10,13,17H,3,6,9,11-12H2,1H3,(H,23,28)/t17-/m0/s1. The molecule has 1 aromatic carbocycles. The molecule has 150 valence electrons. The summed E-state index contributed by atoms with van der Waals surface area (Å²) in [4.78, 5) is 19.4. The first kappa shape index (κ1) is 19.8. The van der Waals surface area contributed by atoms with Crippen molar-refractivity contribution in [3.05, 3.63) is 58.2 Å². The number of nitrogens with zero attached hydrogens (tertiary/aromatic N) is 4. The van der Waals surface area contributed by atoms with Crippen molar-refractivity contribution in [2.75, 3.05) is 18.0 Å². The van der Waals surface area contributed by atoms with Crippen LogP contribution < -0.4 is 10.2 Å². The lowest BCUT2D eigenvalue weighted by molar-refractivity contribution is -0.125. The minimum Gasteiger partial charge on any atom is -0.354 e. The third-order valence-corrected chi connectivity index (χ3v) is 6.20. The van der Waals surface area contributed by atoms with Crippen LogP contribution in [0.3, 0.4) is 0 Å². The number of amides is 1. The lowest BCUT2D eigenvalue weighted by atomic mass is 9.97. The molecular weight excluding hydrogens is 406 g/mol. The van der Waals surface area contributed by atoms with Gasteiger partial charge >= 0.3 is 0 Å². The predicted molar refractivity (Wildman–Crippen MR) is 116 cm³/mol. The highest BCUT2D eigenvalue weighted by molar-refractivity contribution is 7.13. The summed E-state index contributed by atoms with van der Waals surface area (Å²) in [5.74, 6) is 0.775. The molecule has 0 aliphatic carbocycles. The minimum absolute atomic E-state index is 0.0639. The zero-order chi connectivity index (χ0) is 20.2. The number of benzene rings is 1. The van der Waals surface area contributed by atoms with E-state index in [1.54, 1.807) is 17.4 Å². The van der Waals surface area contributed by atoms with Crippen LogP contribution in [-0.4, -0.2) is 34.2 Å². The molecule has 0 radical (unpaired) electrons. The van der Waals surface area contributed by atoms with Crippen LogP contribution in [0.2, 0.25) is 5.15 Å². The number of aromatic nitrogens is 3. The van der Waals surface area contributed by atoms with Crippen LogP contribution in [0, 0.1) is 12.8 Å². The average molecular weight is 428 g/mol. The van der Waals surface area contributed by atoms with E-state index >= 15 is 0 Å². The molecule has 4 rings (SSSR count). The molecule has 8 heteroatoms. The van der Waals surface area contributed by atoms with Crippen LogP contribution in [-0.2, 0) is 11.3 Å². The van der Waals surface area contributed by atoms with Gasteiger partial charge < -0.3 is 10.2 Å². The Morgan fingerprint density at radius 2 is 2.21 bits per heavy atom. The molecule has 1 atom stereocenters. The summed E-state index contributed by atoms with van der Waals surface area (Å²) in [5, 5.41) is 14.6. The van der Waals surface area contributed by atoms with E-state index in [1.807, 2.05) is 30.5 Å².